The third-order valence-corrected chi connectivity index (χ3v) is 3.04. The number of aryl methyl sites for hydroxylation is 1. The fraction of sp³-hybridized carbons (Fsp3) is 0.133. The zero-order valence-corrected chi connectivity index (χ0v) is 11.5. The second-order valence-electron chi connectivity index (χ2n) is 4.14. The molecule has 0 saturated carbocycles. The maximum absolute atomic E-state index is 9.13. The Balaban J connectivity index is 2.34. The fourth-order valence-corrected chi connectivity index (χ4v) is 1.95. The summed E-state index contributed by atoms with van der Waals surface area (Å²) in [6.07, 6.45) is 0. The molecule has 1 N–H and O–H groups in total. The predicted octanol–water partition coefficient (Wildman–Crippen LogP) is 4.27. The molecule has 4 heteroatoms. The number of rotatable bonds is 3. The van der Waals surface area contributed by atoms with E-state index in [2.05, 4.69) is 11.4 Å². The quantitative estimate of drug-likeness (QED) is 0.907. The van der Waals surface area contributed by atoms with E-state index in [1.54, 1.807) is 19.2 Å². The average molecular weight is 273 g/mol. The summed E-state index contributed by atoms with van der Waals surface area (Å²) in [7, 11) is 1.57. The lowest BCUT2D eigenvalue weighted by molar-refractivity contribution is 0.415. The van der Waals surface area contributed by atoms with Crippen molar-refractivity contribution in [1.29, 1.82) is 5.26 Å². The van der Waals surface area contributed by atoms with Crippen LogP contribution in [0.1, 0.15) is 11.1 Å². The van der Waals surface area contributed by atoms with Crippen molar-refractivity contribution < 1.29 is 4.74 Å². The van der Waals surface area contributed by atoms with Crippen molar-refractivity contribution in [3.63, 3.8) is 0 Å². The van der Waals surface area contributed by atoms with Gasteiger partial charge in [0.1, 0.15) is 11.8 Å². The topological polar surface area (TPSA) is 45.0 Å². The van der Waals surface area contributed by atoms with Gasteiger partial charge in [0, 0.05) is 11.8 Å². The van der Waals surface area contributed by atoms with Crippen LogP contribution in [0.5, 0.6) is 5.75 Å². The van der Waals surface area contributed by atoms with Gasteiger partial charge in [-0.3, -0.25) is 0 Å². The minimum Gasteiger partial charge on any atom is -0.495 e. The Morgan fingerprint density at radius 1 is 1.21 bits per heavy atom. The molecule has 2 aromatic carbocycles. The van der Waals surface area contributed by atoms with E-state index in [0.717, 1.165) is 16.9 Å². The van der Waals surface area contributed by atoms with Gasteiger partial charge in [-0.05, 0) is 36.8 Å². The second-order valence-corrected chi connectivity index (χ2v) is 4.54. The van der Waals surface area contributed by atoms with E-state index < -0.39 is 0 Å². The number of nitriles is 1. The molecule has 0 aliphatic carbocycles. The molecule has 0 aliphatic rings. The molecule has 0 bridgehead atoms. The van der Waals surface area contributed by atoms with Crippen molar-refractivity contribution in [1.82, 2.24) is 0 Å². The number of ether oxygens (including phenoxy) is 1. The summed E-state index contributed by atoms with van der Waals surface area (Å²) in [5.41, 5.74) is 3.24. The zero-order valence-electron chi connectivity index (χ0n) is 10.7. The van der Waals surface area contributed by atoms with Crippen LogP contribution in [0.4, 0.5) is 11.4 Å². The molecule has 0 aromatic heterocycles. The third kappa shape index (κ3) is 2.98. The third-order valence-electron chi connectivity index (χ3n) is 2.73. The summed E-state index contributed by atoms with van der Waals surface area (Å²) in [6, 6.07) is 13.2. The normalized spacial score (nSPS) is 9.79. The Bertz CT molecular complexity index is 647. The molecule has 0 fully saturated rings. The maximum atomic E-state index is 9.13. The van der Waals surface area contributed by atoms with E-state index in [-0.39, 0.29) is 0 Å². The highest BCUT2D eigenvalue weighted by atomic mass is 35.5. The number of nitrogens with zero attached hydrogens (tertiary/aromatic N) is 1. The van der Waals surface area contributed by atoms with Crippen LogP contribution in [-0.4, -0.2) is 7.11 Å². The van der Waals surface area contributed by atoms with Crippen LogP contribution in [0, 0.1) is 18.3 Å². The van der Waals surface area contributed by atoms with Gasteiger partial charge in [-0.25, -0.2) is 0 Å². The minimum absolute atomic E-state index is 0.553. The smallest absolute Gasteiger partial charge is 0.139 e. The summed E-state index contributed by atoms with van der Waals surface area (Å²) in [6.45, 7) is 1.95. The highest BCUT2D eigenvalue weighted by Gasteiger charge is 2.05. The van der Waals surface area contributed by atoms with Gasteiger partial charge in [-0.1, -0.05) is 17.7 Å². The average Bonchev–Trinajstić information content (AvgIpc) is 2.42. The first-order valence-electron chi connectivity index (χ1n) is 5.75. The highest BCUT2D eigenvalue weighted by Crippen LogP contribution is 2.29. The van der Waals surface area contributed by atoms with Gasteiger partial charge in [0.15, 0.2) is 0 Å². The number of anilines is 2. The van der Waals surface area contributed by atoms with Crippen LogP contribution in [0.25, 0.3) is 0 Å². The van der Waals surface area contributed by atoms with Crippen molar-refractivity contribution >= 4 is 23.0 Å². The van der Waals surface area contributed by atoms with Crippen LogP contribution in [0.2, 0.25) is 5.02 Å². The molecule has 0 atom stereocenters. The molecule has 2 aromatic rings. The first-order chi connectivity index (χ1) is 9.13. The molecular weight excluding hydrogens is 260 g/mol. The lowest BCUT2D eigenvalue weighted by Crippen LogP contribution is -1.95. The molecular formula is C15H13ClN2O. The lowest BCUT2D eigenvalue weighted by atomic mass is 10.1. The van der Waals surface area contributed by atoms with E-state index in [1.165, 1.54) is 0 Å². The predicted molar refractivity (Wildman–Crippen MR) is 77.2 cm³/mol. The standard InChI is InChI=1S/C15H13ClN2O/c1-10-3-6-14(11(7-10)9-17)18-12-4-5-13(16)15(8-12)19-2/h3-8,18H,1-2H3. The first kappa shape index (κ1) is 13.3. The van der Waals surface area contributed by atoms with Crippen LogP contribution in [0.3, 0.4) is 0 Å². The number of halogens is 1. The van der Waals surface area contributed by atoms with Crippen molar-refractivity contribution in [3.05, 3.63) is 52.5 Å². The Labute approximate surface area is 117 Å². The molecule has 19 heavy (non-hydrogen) atoms. The highest BCUT2D eigenvalue weighted by molar-refractivity contribution is 6.32. The molecule has 0 radical (unpaired) electrons. The monoisotopic (exact) mass is 272 g/mol. The number of nitrogens with one attached hydrogen (secondary N) is 1. The van der Waals surface area contributed by atoms with Crippen molar-refractivity contribution in [3.8, 4) is 11.8 Å². The Morgan fingerprint density at radius 2 is 2.00 bits per heavy atom. The molecule has 0 unspecified atom stereocenters. The van der Waals surface area contributed by atoms with Crippen LogP contribution in [0.15, 0.2) is 36.4 Å². The van der Waals surface area contributed by atoms with Gasteiger partial charge in [0.25, 0.3) is 0 Å². The summed E-state index contributed by atoms with van der Waals surface area (Å²) in [5, 5.41) is 12.9. The first-order valence-corrected chi connectivity index (χ1v) is 6.13. The summed E-state index contributed by atoms with van der Waals surface area (Å²) in [5.74, 6) is 0.595. The van der Waals surface area contributed by atoms with E-state index in [0.29, 0.717) is 16.3 Å². The van der Waals surface area contributed by atoms with E-state index in [4.69, 9.17) is 21.6 Å². The maximum Gasteiger partial charge on any atom is 0.139 e. The lowest BCUT2D eigenvalue weighted by Gasteiger charge is -2.11. The van der Waals surface area contributed by atoms with Gasteiger partial charge in [0.05, 0.1) is 23.4 Å². The number of methoxy groups -OCH3 is 1. The van der Waals surface area contributed by atoms with Crippen molar-refractivity contribution in [2.75, 3.05) is 12.4 Å². The second kappa shape index (κ2) is 5.64. The van der Waals surface area contributed by atoms with Crippen molar-refractivity contribution in [2.45, 2.75) is 6.92 Å². The van der Waals surface area contributed by atoms with Crippen molar-refractivity contribution in [2.24, 2.45) is 0 Å². The Hall–Kier alpha value is -2.18. The summed E-state index contributed by atoms with van der Waals surface area (Å²) >= 11 is 5.97. The Kier molecular flexibility index (Phi) is 3.94. The van der Waals surface area contributed by atoms with E-state index in [1.807, 2.05) is 31.2 Å². The van der Waals surface area contributed by atoms with E-state index >= 15 is 0 Å². The molecule has 0 heterocycles. The Morgan fingerprint density at radius 3 is 2.68 bits per heavy atom. The number of hydrogen-bond acceptors (Lipinski definition) is 3. The number of benzene rings is 2. The zero-order chi connectivity index (χ0) is 13.8. The molecule has 0 spiro atoms. The molecule has 0 aliphatic heterocycles. The molecule has 96 valence electrons. The van der Waals surface area contributed by atoms with E-state index in [9.17, 15) is 0 Å². The largest absolute Gasteiger partial charge is 0.495 e. The minimum atomic E-state index is 0.553. The molecule has 3 nitrogen and oxygen atoms in total. The van der Waals surface area contributed by atoms with Gasteiger partial charge in [-0.2, -0.15) is 5.26 Å². The fourth-order valence-electron chi connectivity index (χ4n) is 1.75. The summed E-state index contributed by atoms with van der Waals surface area (Å²) in [4.78, 5) is 0. The van der Waals surface area contributed by atoms with Gasteiger partial charge < -0.3 is 10.1 Å². The summed E-state index contributed by atoms with van der Waals surface area (Å²) < 4.78 is 5.16. The SMILES string of the molecule is COc1cc(Nc2ccc(C)cc2C#N)ccc1Cl. The van der Waals surface area contributed by atoms with Gasteiger partial charge in [-0.15, -0.1) is 0 Å². The molecule has 0 amide bonds. The van der Waals surface area contributed by atoms with Gasteiger partial charge in [0.2, 0.25) is 0 Å². The van der Waals surface area contributed by atoms with Crippen LogP contribution in [-0.2, 0) is 0 Å². The molecule has 0 saturated heterocycles. The number of hydrogen-bond donors (Lipinski definition) is 1. The molecule has 2 rings (SSSR count). The van der Waals surface area contributed by atoms with Crippen LogP contribution < -0.4 is 10.1 Å². The van der Waals surface area contributed by atoms with Crippen LogP contribution >= 0.6 is 11.6 Å². The van der Waals surface area contributed by atoms with Gasteiger partial charge >= 0.3 is 0 Å².